The van der Waals surface area contributed by atoms with Gasteiger partial charge in [0.2, 0.25) is 0 Å². The van der Waals surface area contributed by atoms with Crippen LogP contribution in [0, 0.1) is 0 Å². The number of hydrogen-bond acceptors (Lipinski definition) is 4. The van der Waals surface area contributed by atoms with Crippen LogP contribution in [0.5, 0.6) is 0 Å². The lowest BCUT2D eigenvalue weighted by Gasteiger charge is -2.22. The largest absolute Gasteiger partial charge is 0.395 e. The number of aliphatic hydroxyl groups is 1. The average molecular weight is 237 g/mol. The molecule has 4 heteroatoms. The summed E-state index contributed by atoms with van der Waals surface area (Å²) in [5.74, 6) is 0.914. The maximum Gasteiger partial charge on any atom is 0.128 e. The van der Waals surface area contributed by atoms with Gasteiger partial charge in [-0.25, -0.2) is 4.98 Å². The summed E-state index contributed by atoms with van der Waals surface area (Å²) in [7, 11) is 0. The Kier molecular flexibility index (Phi) is 5.94. The lowest BCUT2D eigenvalue weighted by atomic mass is 10.1. The lowest BCUT2D eigenvalue weighted by molar-refractivity contribution is 0.301. The van der Waals surface area contributed by atoms with Gasteiger partial charge < -0.3 is 15.7 Å². The number of anilines is 1. The summed E-state index contributed by atoms with van der Waals surface area (Å²) in [6.45, 7) is 5.82. The maximum atomic E-state index is 9.05. The molecule has 0 unspecified atom stereocenters. The highest BCUT2D eigenvalue weighted by Gasteiger charge is 2.07. The fraction of sp³-hybridized carbons (Fsp3) is 0.615. The topological polar surface area (TPSA) is 62.4 Å². The molecule has 1 aromatic heterocycles. The first-order valence-electron chi connectivity index (χ1n) is 6.26. The zero-order valence-corrected chi connectivity index (χ0v) is 10.8. The highest BCUT2D eigenvalue weighted by molar-refractivity contribution is 5.39. The van der Waals surface area contributed by atoms with E-state index in [0.29, 0.717) is 6.54 Å². The van der Waals surface area contributed by atoms with Crippen molar-refractivity contribution in [3.8, 4) is 0 Å². The molecule has 0 radical (unpaired) electrons. The third-order valence-corrected chi connectivity index (χ3v) is 2.77. The van der Waals surface area contributed by atoms with Crippen LogP contribution in [0.3, 0.4) is 0 Å². The van der Waals surface area contributed by atoms with Crippen molar-refractivity contribution >= 4 is 5.82 Å². The van der Waals surface area contributed by atoms with E-state index in [0.717, 1.165) is 30.8 Å². The monoisotopic (exact) mass is 237 g/mol. The number of rotatable bonds is 7. The van der Waals surface area contributed by atoms with E-state index >= 15 is 0 Å². The second-order valence-corrected chi connectivity index (χ2v) is 4.30. The predicted octanol–water partition coefficient (Wildman–Crippen LogP) is 1.70. The maximum absolute atomic E-state index is 9.05. The highest BCUT2D eigenvalue weighted by atomic mass is 16.3. The first-order valence-corrected chi connectivity index (χ1v) is 6.26. The van der Waals surface area contributed by atoms with E-state index in [1.165, 1.54) is 0 Å². The number of nitrogens with zero attached hydrogens (tertiary/aromatic N) is 2. The van der Waals surface area contributed by atoms with Crippen molar-refractivity contribution in [2.24, 2.45) is 5.73 Å². The fourth-order valence-corrected chi connectivity index (χ4v) is 1.66. The molecule has 0 bridgehead atoms. The van der Waals surface area contributed by atoms with Gasteiger partial charge in [0.05, 0.1) is 6.61 Å². The molecule has 1 aromatic rings. The van der Waals surface area contributed by atoms with E-state index < -0.39 is 0 Å². The van der Waals surface area contributed by atoms with Gasteiger partial charge in [-0.3, -0.25) is 0 Å². The van der Waals surface area contributed by atoms with Crippen LogP contribution in [0.15, 0.2) is 18.3 Å². The van der Waals surface area contributed by atoms with Crippen LogP contribution >= 0.6 is 0 Å². The molecule has 1 atom stereocenters. The number of unbranched alkanes of at least 4 members (excludes halogenated alkanes) is 1. The van der Waals surface area contributed by atoms with Gasteiger partial charge >= 0.3 is 0 Å². The molecule has 0 amide bonds. The molecule has 1 heterocycles. The summed E-state index contributed by atoms with van der Waals surface area (Å²) in [6.07, 6.45) is 4.06. The van der Waals surface area contributed by atoms with Crippen molar-refractivity contribution in [2.75, 3.05) is 24.6 Å². The van der Waals surface area contributed by atoms with E-state index in [2.05, 4.69) is 16.8 Å². The summed E-state index contributed by atoms with van der Waals surface area (Å²) in [5.41, 5.74) is 6.82. The second kappa shape index (κ2) is 7.25. The van der Waals surface area contributed by atoms with Gasteiger partial charge in [0.25, 0.3) is 0 Å². The quantitative estimate of drug-likeness (QED) is 0.757. The molecule has 96 valence electrons. The number of aromatic nitrogens is 1. The van der Waals surface area contributed by atoms with Crippen molar-refractivity contribution < 1.29 is 5.11 Å². The molecule has 0 fully saturated rings. The van der Waals surface area contributed by atoms with Crippen LogP contribution in [0.1, 0.15) is 38.3 Å². The van der Waals surface area contributed by atoms with Crippen LogP contribution in [0.25, 0.3) is 0 Å². The number of hydrogen-bond donors (Lipinski definition) is 2. The Bertz CT molecular complexity index is 311. The van der Waals surface area contributed by atoms with Crippen molar-refractivity contribution in [3.05, 3.63) is 23.9 Å². The Balaban J connectivity index is 2.72. The minimum absolute atomic E-state index is 0.0125. The van der Waals surface area contributed by atoms with Crippen LogP contribution in [-0.4, -0.2) is 29.8 Å². The Morgan fingerprint density at radius 1 is 1.41 bits per heavy atom. The Morgan fingerprint density at radius 3 is 2.65 bits per heavy atom. The Labute approximate surface area is 103 Å². The summed E-state index contributed by atoms with van der Waals surface area (Å²) in [4.78, 5) is 6.51. The van der Waals surface area contributed by atoms with E-state index in [9.17, 15) is 0 Å². The average Bonchev–Trinajstić information content (AvgIpc) is 2.34. The molecular formula is C13H23N3O. The molecule has 3 N–H and O–H groups in total. The third kappa shape index (κ3) is 4.32. The zero-order chi connectivity index (χ0) is 12.7. The number of aliphatic hydroxyl groups excluding tert-OH is 1. The van der Waals surface area contributed by atoms with E-state index in [1.807, 2.05) is 25.3 Å². The molecule has 0 saturated heterocycles. The number of pyridine rings is 1. The first kappa shape index (κ1) is 13.9. The SMILES string of the molecule is CCCCN(CCO)c1ccc([C@H](C)N)cn1. The van der Waals surface area contributed by atoms with Crippen LogP contribution in [0.2, 0.25) is 0 Å². The second-order valence-electron chi connectivity index (χ2n) is 4.30. The summed E-state index contributed by atoms with van der Waals surface area (Å²) in [6, 6.07) is 3.99. The van der Waals surface area contributed by atoms with Crippen molar-refractivity contribution in [2.45, 2.75) is 32.7 Å². The first-order chi connectivity index (χ1) is 8.19. The standard InChI is InChI=1S/C13H23N3O/c1-3-4-7-16(8-9-17)13-6-5-12(10-15-13)11(2)14/h5-6,10-11,17H,3-4,7-9,14H2,1-2H3/t11-/m0/s1. The Hall–Kier alpha value is -1.13. The van der Waals surface area contributed by atoms with E-state index in [4.69, 9.17) is 10.8 Å². The minimum atomic E-state index is 0.0125. The molecule has 1 rings (SSSR count). The molecule has 0 aliphatic carbocycles. The summed E-state index contributed by atoms with van der Waals surface area (Å²) < 4.78 is 0. The van der Waals surface area contributed by atoms with Crippen LogP contribution in [0.4, 0.5) is 5.82 Å². The lowest BCUT2D eigenvalue weighted by Crippen LogP contribution is -2.28. The molecule has 17 heavy (non-hydrogen) atoms. The van der Waals surface area contributed by atoms with Gasteiger partial charge in [0, 0.05) is 25.3 Å². The fourth-order valence-electron chi connectivity index (χ4n) is 1.66. The van der Waals surface area contributed by atoms with Crippen LogP contribution < -0.4 is 10.6 Å². The van der Waals surface area contributed by atoms with Gasteiger partial charge in [-0.1, -0.05) is 19.4 Å². The molecule has 0 aliphatic rings. The summed E-state index contributed by atoms with van der Waals surface area (Å²) >= 11 is 0. The molecule has 0 aromatic carbocycles. The van der Waals surface area contributed by atoms with Gasteiger partial charge in [-0.05, 0) is 25.0 Å². The van der Waals surface area contributed by atoms with Crippen molar-refractivity contribution in [1.82, 2.24) is 4.98 Å². The molecular weight excluding hydrogens is 214 g/mol. The van der Waals surface area contributed by atoms with Gasteiger partial charge in [0.15, 0.2) is 0 Å². The number of nitrogens with two attached hydrogens (primary N) is 1. The van der Waals surface area contributed by atoms with Gasteiger partial charge in [0.1, 0.15) is 5.82 Å². The van der Waals surface area contributed by atoms with Crippen LogP contribution in [-0.2, 0) is 0 Å². The van der Waals surface area contributed by atoms with Crippen molar-refractivity contribution in [1.29, 1.82) is 0 Å². The van der Waals surface area contributed by atoms with E-state index in [1.54, 1.807) is 0 Å². The Morgan fingerprint density at radius 2 is 2.18 bits per heavy atom. The zero-order valence-electron chi connectivity index (χ0n) is 10.8. The highest BCUT2D eigenvalue weighted by Crippen LogP contribution is 2.15. The predicted molar refractivity (Wildman–Crippen MR) is 71.0 cm³/mol. The van der Waals surface area contributed by atoms with Gasteiger partial charge in [-0.15, -0.1) is 0 Å². The normalized spacial score (nSPS) is 12.5. The smallest absolute Gasteiger partial charge is 0.128 e. The third-order valence-electron chi connectivity index (χ3n) is 2.77. The van der Waals surface area contributed by atoms with Crippen molar-refractivity contribution in [3.63, 3.8) is 0 Å². The van der Waals surface area contributed by atoms with Gasteiger partial charge in [-0.2, -0.15) is 0 Å². The van der Waals surface area contributed by atoms with E-state index in [-0.39, 0.29) is 12.6 Å². The summed E-state index contributed by atoms with van der Waals surface area (Å²) in [5, 5.41) is 9.05. The molecule has 4 nitrogen and oxygen atoms in total. The molecule has 0 spiro atoms. The minimum Gasteiger partial charge on any atom is -0.395 e. The molecule has 0 saturated carbocycles. The molecule has 0 aliphatic heterocycles.